The van der Waals surface area contributed by atoms with Crippen molar-refractivity contribution in [2.24, 2.45) is 0 Å². The van der Waals surface area contributed by atoms with Gasteiger partial charge in [-0.05, 0) is 51.7 Å². The Morgan fingerprint density at radius 2 is 2.00 bits per heavy atom. The monoisotopic (exact) mass is 458 g/mol. The first kappa shape index (κ1) is 23.0. The maximum atomic E-state index is 12.7. The second-order valence-electron chi connectivity index (χ2n) is 7.74. The predicted molar refractivity (Wildman–Crippen MR) is 117 cm³/mol. The summed E-state index contributed by atoms with van der Waals surface area (Å²) in [5.74, 6) is 0.579. The lowest BCUT2D eigenvalue weighted by atomic mass is 9.95. The van der Waals surface area contributed by atoms with Gasteiger partial charge in [-0.15, -0.1) is 0 Å². The molecule has 6 nitrogen and oxygen atoms in total. The van der Waals surface area contributed by atoms with Crippen molar-refractivity contribution in [1.82, 2.24) is 10.3 Å². The number of carbonyl (C=O) groups excluding carboxylic acids is 1. The third-order valence-electron chi connectivity index (χ3n) is 4.91. The fourth-order valence-electron chi connectivity index (χ4n) is 3.43. The molecule has 1 amide bonds. The Hall–Kier alpha value is -1.64. The fourth-order valence-corrected chi connectivity index (χ4v) is 4.69. The van der Waals surface area contributed by atoms with Crippen LogP contribution in [0.5, 0.6) is 10.9 Å². The molecular weight excluding hydrogens is 431 g/mol. The third-order valence-corrected chi connectivity index (χ3v) is 6.37. The number of rotatable bonds is 9. The molecule has 2 atom stereocenters. The Kier molecular flexibility index (Phi) is 8.13. The number of nitrogens with zero attached hydrogens (tertiary/aromatic N) is 1. The van der Waals surface area contributed by atoms with Crippen LogP contribution in [0.25, 0.3) is 10.2 Å². The number of fused-ring (bicyclic) bond motifs is 1. The minimum Gasteiger partial charge on any atom is -0.489 e. The number of aromatic nitrogens is 1. The zero-order valence-electron chi connectivity index (χ0n) is 17.5. The molecule has 1 unspecified atom stereocenters. The van der Waals surface area contributed by atoms with Gasteiger partial charge in [-0.2, -0.15) is 0 Å². The molecule has 1 N–H and O–H groups in total. The summed E-state index contributed by atoms with van der Waals surface area (Å²) in [5.41, 5.74) is 0.712. The van der Waals surface area contributed by atoms with Crippen molar-refractivity contribution < 1.29 is 23.4 Å². The van der Waals surface area contributed by atoms with Crippen LogP contribution in [0.3, 0.4) is 0 Å². The highest BCUT2D eigenvalue weighted by molar-refractivity contribution is 7.20. The Morgan fingerprint density at radius 1 is 1.30 bits per heavy atom. The molecule has 1 fully saturated rings. The molecule has 0 spiro atoms. The SMILES string of the molecule is CC(=O)N[C@@H](C)CO[C@H]1CC[C@H](Oc2ccc3nc(OC(C)CF)sc3c2Cl)CC1. The summed E-state index contributed by atoms with van der Waals surface area (Å²) in [5, 5.41) is 3.74. The van der Waals surface area contributed by atoms with Crippen molar-refractivity contribution in [3.8, 4) is 10.9 Å². The lowest BCUT2D eigenvalue weighted by Crippen LogP contribution is -2.36. The Bertz CT molecular complexity index is 857. The van der Waals surface area contributed by atoms with Gasteiger partial charge in [0.1, 0.15) is 23.6 Å². The first-order chi connectivity index (χ1) is 14.4. The molecule has 1 aliphatic carbocycles. The van der Waals surface area contributed by atoms with Gasteiger partial charge in [-0.1, -0.05) is 22.9 Å². The number of nitrogens with one attached hydrogen (secondary N) is 1. The van der Waals surface area contributed by atoms with Gasteiger partial charge in [-0.3, -0.25) is 4.79 Å². The maximum Gasteiger partial charge on any atom is 0.274 e. The number of thiazole rings is 1. The van der Waals surface area contributed by atoms with Crippen molar-refractivity contribution in [2.45, 2.75) is 70.8 Å². The van der Waals surface area contributed by atoms with Gasteiger partial charge in [0.05, 0.1) is 29.0 Å². The lowest BCUT2D eigenvalue weighted by molar-refractivity contribution is -0.120. The van der Waals surface area contributed by atoms with Gasteiger partial charge in [-0.25, -0.2) is 9.37 Å². The number of alkyl halides is 1. The van der Waals surface area contributed by atoms with Gasteiger partial charge in [0.15, 0.2) is 0 Å². The van der Waals surface area contributed by atoms with E-state index in [-0.39, 0.29) is 24.2 Å². The normalized spacial score (nSPS) is 21.2. The zero-order valence-corrected chi connectivity index (χ0v) is 19.0. The quantitative estimate of drug-likeness (QED) is 0.577. The highest BCUT2D eigenvalue weighted by Gasteiger charge is 2.25. The molecule has 0 aliphatic heterocycles. The van der Waals surface area contributed by atoms with E-state index in [1.54, 1.807) is 6.92 Å². The molecule has 9 heteroatoms. The van der Waals surface area contributed by atoms with E-state index in [4.69, 9.17) is 25.8 Å². The van der Waals surface area contributed by atoms with Crippen LogP contribution in [-0.2, 0) is 9.53 Å². The Labute approximate surface area is 185 Å². The molecule has 1 saturated carbocycles. The van der Waals surface area contributed by atoms with Crippen LogP contribution in [0.1, 0.15) is 46.5 Å². The number of ether oxygens (including phenoxy) is 3. The molecule has 1 aromatic carbocycles. The van der Waals surface area contributed by atoms with Gasteiger partial charge < -0.3 is 19.5 Å². The van der Waals surface area contributed by atoms with Gasteiger partial charge >= 0.3 is 0 Å². The summed E-state index contributed by atoms with van der Waals surface area (Å²) >= 11 is 7.85. The van der Waals surface area contributed by atoms with Crippen molar-refractivity contribution in [3.63, 3.8) is 0 Å². The second kappa shape index (κ2) is 10.6. The first-order valence-corrected chi connectivity index (χ1v) is 11.4. The largest absolute Gasteiger partial charge is 0.489 e. The summed E-state index contributed by atoms with van der Waals surface area (Å²) in [6, 6.07) is 3.67. The molecule has 1 heterocycles. The minimum absolute atomic E-state index is 0.00294. The average molecular weight is 459 g/mol. The van der Waals surface area contributed by atoms with Crippen LogP contribution in [-0.4, -0.2) is 48.5 Å². The third kappa shape index (κ3) is 6.18. The van der Waals surface area contributed by atoms with Gasteiger partial charge in [0.25, 0.3) is 5.19 Å². The summed E-state index contributed by atoms with van der Waals surface area (Å²) < 4.78 is 31.0. The van der Waals surface area contributed by atoms with E-state index in [0.717, 1.165) is 30.4 Å². The van der Waals surface area contributed by atoms with Gasteiger partial charge in [0.2, 0.25) is 5.91 Å². The van der Waals surface area contributed by atoms with Crippen molar-refractivity contribution in [1.29, 1.82) is 0 Å². The maximum absolute atomic E-state index is 12.7. The molecular formula is C21H28ClFN2O4S. The predicted octanol–water partition coefficient (Wildman–Crippen LogP) is 4.92. The van der Waals surface area contributed by atoms with Crippen LogP contribution in [0.15, 0.2) is 12.1 Å². The molecule has 30 heavy (non-hydrogen) atoms. The van der Waals surface area contributed by atoms with E-state index < -0.39 is 12.8 Å². The van der Waals surface area contributed by atoms with Crippen LogP contribution < -0.4 is 14.8 Å². The van der Waals surface area contributed by atoms with Gasteiger partial charge in [0, 0.05) is 13.0 Å². The van der Waals surface area contributed by atoms with E-state index >= 15 is 0 Å². The van der Waals surface area contributed by atoms with E-state index in [0.29, 0.717) is 28.1 Å². The molecule has 3 rings (SSSR count). The summed E-state index contributed by atoms with van der Waals surface area (Å²) in [6.07, 6.45) is 3.25. The van der Waals surface area contributed by atoms with Crippen LogP contribution >= 0.6 is 22.9 Å². The number of benzene rings is 1. The smallest absolute Gasteiger partial charge is 0.274 e. The highest BCUT2D eigenvalue weighted by Crippen LogP contribution is 2.40. The number of hydrogen-bond donors (Lipinski definition) is 1. The second-order valence-corrected chi connectivity index (χ2v) is 9.08. The Balaban J connectivity index is 1.53. The molecule has 0 radical (unpaired) electrons. The number of amides is 1. The van der Waals surface area contributed by atoms with Crippen molar-refractivity contribution >= 4 is 39.1 Å². The summed E-state index contributed by atoms with van der Waals surface area (Å²) in [6.45, 7) is 5.03. The number of carbonyl (C=O) groups is 1. The van der Waals surface area contributed by atoms with E-state index in [2.05, 4.69) is 10.3 Å². The van der Waals surface area contributed by atoms with Crippen LogP contribution in [0.4, 0.5) is 4.39 Å². The lowest BCUT2D eigenvalue weighted by Gasteiger charge is -2.30. The molecule has 1 aliphatic rings. The molecule has 0 saturated heterocycles. The van der Waals surface area contributed by atoms with E-state index in [1.165, 1.54) is 18.3 Å². The van der Waals surface area contributed by atoms with Crippen molar-refractivity contribution in [2.75, 3.05) is 13.3 Å². The first-order valence-electron chi connectivity index (χ1n) is 10.2. The average Bonchev–Trinajstić information content (AvgIpc) is 3.12. The van der Waals surface area contributed by atoms with Crippen LogP contribution in [0, 0.1) is 0 Å². The van der Waals surface area contributed by atoms with E-state index in [1.807, 2.05) is 19.1 Å². The minimum atomic E-state index is -0.573. The number of halogens is 2. The van der Waals surface area contributed by atoms with E-state index in [9.17, 15) is 9.18 Å². The standard InChI is InChI=1S/C21H28ClFN2O4S/c1-12(24-14(3)26)11-27-15-4-6-16(7-5-15)29-18-9-8-17-20(19(18)22)30-21(25-17)28-13(2)10-23/h8-9,12-13,15-16H,4-7,10-11H2,1-3H3,(H,24,26)/t12-,13?,15-,16-/m0/s1. The fraction of sp³-hybridized carbons (Fsp3) is 0.619. The topological polar surface area (TPSA) is 69.7 Å². The summed E-state index contributed by atoms with van der Waals surface area (Å²) in [7, 11) is 0. The Morgan fingerprint density at radius 3 is 2.67 bits per heavy atom. The molecule has 2 aromatic rings. The molecule has 1 aromatic heterocycles. The zero-order chi connectivity index (χ0) is 21.7. The van der Waals surface area contributed by atoms with Crippen molar-refractivity contribution in [3.05, 3.63) is 17.2 Å². The highest BCUT2D eigenvalue weighted by atomic mass is 35.5. The molecule has 0 bridgehead atoms. The molecule has 166 valence electrons. The number of hydrogen-bond acceptors (Lipinski definition) is 6. The van der Waals surface area contributed by atoms with Crippen LogP contribution in [0.2, 0.25) is 5.02 Å². The summed E-state index contributed by atoms with van der Waals surface area (Å²) in [4.78, 5) is 15.4.